The van der Waals surface area contributed by atoms with E-state index < -0.39 is 11.1 Å². The Morgan fingerprint density at radius 3 is 2.49 bits per heavy atom. The fourth-order valence-electron chi connectivity index (χ4n) is 3.71. The molecule has 4 rings (SSSR count). The highest BCUT2D eigenvalue weighted by Crippen LogP contribution is 2.32. The zero-order valence-corrected chi connectivity index (χ0v) is 22.8. The van der Waals surface area contributed by atoms with Crippen LogP contribution in [0, 0.1) is 13.8 Å². The number of anilines is 1. The molecule has 2 aliphatic rings. The molecular weight excluding hydrogens is 562 g/mol. The van der Waals surface area contributed by atoms with Crippen LogP contribution in [0.4, 0.5) is 10.5 Å². The lowest BCUT2D eigenvalue weighted by atomic mass is 10.1. The molecule has 0 radical (unpaired) electrons. The third kappa shape index (κ3) is 6.79. The van der Waals surface area contributed by atoms with Crippen LogP contribution in [0.3, 0.4) is 0 Å². The number of hydrogen-bond donors (Lipinski definition) is 1. The van der Waals surface area contributed by atoms with Gasteiger partial charge >= 0.3 is 0 Å². The predicted octanol–water partition coefficient (Wildman–Crippen LogP) is 3.98. The largest absolute Gasteiger partial charge is 0.484 e. The van der Waals surface area contributed by atoms with Gasteiger partial charge in [0.2, 0.25) is 5.91 Å². The van der Waals surface area contributed by atoms with Crippen LogP contribution in [0.25, 0.3) is 6.08 Å². The number of hydrogen-bond acceptors (Lipinski definition) is 7. The van der Waals surface area contributed by atoms with Crippen molar-refractivity contribution in [3.05, 3.63) is 62.5 Å². The van der Waals surface area contributed by atoms with Crippen molar-refractivity contribution in [3.8, 4) is 5.75 Å². The molecule has 0 aromatic heterocycles. The van der Waals surface area contributed by atoms with Crippen molar-refractivity contribution < 1.29 is 28.7 Å². The first-order valence-corrected chi connectivity index (χ1v) is 13.2. The SMILES string of the molecule is Cc1cc(Br)c(NC(=O)COc2ccc(/C=C3\SC(=O)N(CC(=O)N4CCOCC4)C3=O)cc2)cc1C. The molecule has 11 heteroatoms. The van der Waals surface area contributed by atoms with Gasteiger partial charge in [-0.2, -0.15) is 0 Å². The number of amides is 4. The molecule has 0 spiro atoms. The number of rotatable bonds is 7. The molecule has 2 aliphatic heterocycles. The monoisotopic (exact) mass is 587 g/mol. The summed E-state index contributed by atoms with van der Waals surface area (Å²) in [6, 6.07) is 10.6. The van der Waals surface area contributed by atoms with Crippen molar-refractivity contribution >= 4 is 62.4 Å². The minimum absolute atomic E-state index is 0.172. The van der Waals surface area contributed by atoms with Gasteiger partial charge in [0.1, 0.15) is 12.3 Å². The molecule has 0 saturated carbocycles. The second-order valence-corrected chi connectivity index (χ2v) is 10.4. The summed E-state index contributed by atoms with van der Waals surface area (Å²) in [6.45, 7) is 5.31. The highest BCUT2D eigenvalue weighted by Gasteiger charge is 2.37. The fourth-order valence-corrected chi connectivity index (χ4v) is 5.10. The Labute approximate surface area is 227 Å². The topological polar surface area (TPSA) is 105 Å². The van der Waals surface area contributed by atoms with Gasteiger partial charge < -0.3 is 19.7 Å². The van der Waals surface area contributed by atoms with Crippen molar-refractivity contribution in [1.82, 2.24) is 9.80 Å². The lowest BCUT2D eigenvalue weighted by molar-refractivity contribution is -0.139. The highest BCUT2D eigenvalue weighted by atomic mass is 79.9. The molecule has 2 aromatic rings. The van der Waals surface area contributed by atoms with Crippen LogP contribution >= 0.6 is 27.7 Å². The molecule has 9 nitrogen and oxygen atoms in total. The summed E-state index contributed by atoms with van der Waals surface area (Å²) >= 11 is 4.26. The molecule has 0 atom stereocenters. The van der Waals surface area contributed by atoms with Crippen LogP contribution in [0.5, 0.6) is 5.75 Å². The molecule has 2 fully saturated rings. The summed E-state index contributed by atoms with van der Waals surface area (Å²) in [5.74, 6) is -0.586. The normalized spacial score (nSPS) is 16.9. The summed E-state index contributed by atoms with van der Waals surface area (Å²) < 4.78 is 11.6. The number of thioether (sulfide) groups is 1. The zero-order chi connectivity index (χ0) is 26.5. The van der Waals surface area contributed by atoms with Gasteiger partial charge in [-0.15, -0.1) is 0 Å². The molecule has 4 amide bonds. The summed E-state index contributed by atoms with van der Waals surface area (Å²) in [4.78, 5) is 52.7. The number of ether oxygens (including phenoxy) is 2. The van der Waals surface area contributed by atoms with Crippen molar-refractivity contribution in [2.24, 2.45) is 0 Å². The van der Waals surface area contributed by atoms with E-state index in [2.05, 4.69) is 21.2 Å². The number of carbonyl (C=O) groups is 4. The Kier molecular flexibility index (Phi) is 8.67. The smallest absolute Gasteiger partial charge is 0.294 e. The van der Waals surface area contributed by atoms with Crippen LogP contribution in [0.1, 0.15) is 16.7 Å². The third-order valence-corrected chi connectivity index (χ3v) is 7.50. The Morgan fingerprint density at radius 2 is 1.78 bits per heavy atom. The van der Waals surface area contributed by atoms with E-state index >= 15 is 0 Å². The summed E-state index contributed by atoms with van der Waals surface area (Å²) in [5.41, 5.74) is 3.54. The van der Waals surface area contributed by atoms with E-state index in [1.807, 2.05) is 26.0 Å². The van der Waals surface area contributed by atoms with Gasteiger partial charge in [-0.1, -0.05) is 12.1 Å². The van der Waals surface area contributed by atoms with Crippen LogP contribution in [-0.4, -0.2) is 72.2 Å². The lowest BCUT2D eigenvalue weighted by Gasteiger charge is -2.28. The number of nitrogens with one attached hydrogen (secondary N) is 1. The maximum atomic E-state index is 12.7. The van der Waals surface area contributed by atoms with Crippen molar-refractivity contribution in [2.45, 2.75) is 13.8 Å². The van der Waals surface area contributed by atoms with E-state index in [1.54, 1.807) is 35.2 Å². The highest BCUT2D eigenvalue weighted by molar-refractivity contribution is 9.10. The molecule has 0 bridgehead atoms. The van der Waals surface area contributed by atoms with E-state index in [1.165, 1.54) is 0 Å². The summed E-state index contributed by atoms with van der Waals surface area (Å²) in [5, 5.41) is 2.35. The number of halogens is 1. The minimum Gasteiger partial charge on any atom is -0.484 e. The van der Waals surface area contributed by atoms with Gasteiger partial charge in [0.15, 0.2) is 6.61 Å². The van der Waals surface area contributed by atoms with Gasteiger partial charge in [0.05, 0.1) is 23.8 Å². The molecule has 0 aliphatic carbocycles. The molecule has 0 unspecified atom stereocenters. The van der Waals surface area contributed by atoms with Gasteiger partial charge in [0, 0.05) is 17.6 Å². The van der Waals surface area contributed by atoms with E-state index in [4.69, 9.17) is 9.47 Å². The number of imide groups is 1. The first-order valence-electron chi connectivity index (χ1n) is 11.6. The second kappa shape index (κ2) is 11.9. The maximum absolute atomic E-state index is 12.7. The number of nitrogens with zero attached hydrogens (tertiary/aromatic N) is 2. The van der Waals surface area contributed by atoms with Crippen LogP contribution in [-0.2, 0) is 19.1 Å². The molecular formula is C26H26BrN3O6S. The summed E-state index contributed by atoms with van der Waals surface area (Å²) in [7, 11) is 0. The van der Waals surface area contributed by atoms with E-state index in [-0.39, 0.29) is 29.9 Å². The third-order valence-electron chi connectivity index (χ3n) is 5.94. The second-order valence-electron chi connectivity index (χ2n) is 8.58. The van der Waals surface area contributed by atoms with Gasteiger partial charge in [0.25, 0.3) is 17.1 Å². The molecule has 2 saturated heterocycles. The molecule has 194 valence electrons. The molecule has 1 N–H and O–H groups in total. The minimum atomic E-state index is -0.494. The van der Waals surface area contributed by atoms with E-state index in [0.29, 0.717) is 43.3 Å². The van der Waals surface area contributed by atoms with Gasteiger partial charge in [-0.25, -0.2) is 0 Å². The van der Waals surface area contributed by atoms with Crippen molar-refractivity contribution in [1.29, 1.82) is 0 Å². The average Bonchev–Trinajstić information content (AvgIpc) is 3.14. The molecule has 2 aromatic carbocycles. The Morgan fingerprint density at radius 1 is 1.11 bits per heavy atom. The summed E-state index contributed by atoms with van der Waals surface area (Å²) in [6.07, 6.45) is 1.60. The average molecular weight is 588 g/mol. The molecule has 37 heavy (non-hydrogen) atoms. The first kappa shape index (κ1) is 26.9. The number of aryl methyl sites for hydroxylation is 2. The predicted molar refractivity (Wildman–Crippen MR) is 144 cm³/mol. The fraction of sp³-hybridized carbons (Fsp3) is 0.308. The number of carbonyl (C=O) groups excluding carboxylic acids is 4. The van der Waals surface area contributed by atoms with E-state index in [9.17, 15) is 19.2 Å². The number of morpholine rings is 1. The van der Waals surface area contributed by atoms with Crippen LogP contribution < -0.4 is 10.1 Å². The van der Waals surface area contributed by atoms with Gasteiger partial charge in [-0.05, 0) is 88.6 Å². The number of benzene rings is 2. The Hall–Kier alpha value is -3.15. The zero-order valence-electron chi connectivity index (χ0n) is 20.4. The van der Waals surface area contributed by atoms with Gasteiger partial charge in [-0.3, -0.25) is 24.1 Å². The Balaban J connectivity index is 1.31. The van der Waals surface area contributed by atoms with Crippen LogP contribution in [0.15, 0.2) is 45.8 Å². The van der Waals surface area contributed by atoms with E-state index in [0.717, 1.165) is 32.3 Å². The lowest BCUT2D eigenvalue weighted by Crippen LogP contribution is -2.46. The van der Waals surface area contributed by atoms with Crippen molar-refractivity contribution in [3.63, 3.8) is 0 Å². The first-order chi connectivity index (χ1) is 17.7. The van der Waals surface area contributed by atoms with Crippen molar-refractivity contribution in [2.75, 3.05) is 44.8 Å². The van der Waals surface area contributed by atoms with Crippen LogP contribution in [0.2, 0.25) is 0 Å². The quantitative estimate of drug-likeness (QED) is 0.488. The molecule has 2 heterocycles. The maximum Gasteiger partial charge on any atom is 0.294 e. The Bertz CT molecular complexity index is 1260. The standard InChI is InChI=1S/C26H26BrN3O6S/c1-16-11-20(27)21(12-17(16)2)28-23(31)15-36-19-5-3-18(4-6-19)13-22-25(33)30(26(34)37-22)14-24(32)29-7-9-35-10-8-29/h3-6,11-13H,7-10,14-15H2,1-2H3,(H,28,31)/b22-13-.